The van der Waals surface area contributed by atoms with Gasteiger partial charge >= 0.3 is 0 Å². The normalized spacial score (nSPS) is 11.6. The minimum atomic E-state index is 0.595. The fourth-order valence-electron chi connectivity index (χ4n) is 6.91. The van der Waals surface area contributed by atoms with Crippen molar-refractivity contribution in [3.63, 3.8) is 0 Å². The van der Waals surface area contributed by atoms with Crippen molar-refractivity contribution < 1.29 is 8.83 Å². The monoisotopic (exact) mass is 641 g/mol. The summed E-state index contributed by atoms with van der Waals surface area (Å²) in [6.07, 6.45) is 0. The molecule has 0 atom stereocenters. The molecular formula is C45H27N3O2. The van der Waals surface area contributed by atoms with E-state index in [9.17, 15) is 0 Å². The zero-order chi connectivity index (χ0) is 33.0. The molecule has 10 rings (SSSR count). The quantitative estimate of drug-likeness (QED) is 0.187. The third kappa shape index (κ3) is 4.75. The molecule has 0 fully saturated rings. The van der Waals surface area contributed by atoms with Crippen LogP contribution in [0.2, 0.25) is 0 Å². The van der Waals surface area contributed by atoms with E-state index >= 15 is 0 Å². The molecule has 0 aliphatic carbocycles. The highest BCUT2D eigenvalue weighted by molar-refractivity contribution is 6.12. The first-order chi connectivity index (χ1) is 24.7. The van der Waals surface area contributed by atoms with Gasteiger partial charge in [-0.2, -0.15) is 0 Å². The van der Waals surface area contributed by atoms with Gasteiger partial charge in [-0.15, -0.1) is 0 Å². The van der Waals surface area contributed by atoms with E-state index in [0.29, 0.717) is 17.5 Å². The predicted molar refractivity (Wildman–Crippen MR) is 202 cm³/mol. The summed E-state index contributed by atoms with van der Waals surface area (Å²) in [4.78, 5) is 15.2. The smallest absolute Gasteiger partial charge is 0.164 e. The first-order valence-electron chi connectivity index (χ1n) is 16.6. The molecule has 0 amide bonds. The summed E-state index contributed by atoms with van der Waals surface area (Å²) in [7, 11) is 0. The Morgan fingerprint density at radius 3 is 1.60 bits per heavy atom. The molecule has 5 heteroatoms. The summed E-state index contributed by atoms with van der Waals surface area (Å²) in [5, 5.41) is 4.27. The molecule has 50 heavy (non-hydrogen) atoms. The van der Waals surface area contributed by atoms with Gasteiger partial charge in [0.2, 0.25) is 0 Å². The average Bonchev–Trinajstić information content (AvgIpc) is 3.76. The molecule has 3 aromatic heterocycles. The maximum Gasteiger partial charge on any atom is 0.164 e. The van der Waals surface area contributed by atoms with Crippen molar-refractivity contribution in [3.05, 3.63) is 164 Å². The summed E-state index contributed by atoms with van der Waals surface area (Å²) >= 11 is 0. The standard InChI is InChI=1S/C45H27N3O2/c1-2-10-28(11-3-1)29-20-22-30(23-21-29)43-46-44(48-45(47-43)33-24-25-40-37(27-33)35-14-4-6-17-38(35)49-40)32-13-8-12-31(26-32)34-16-9-19-41-42(34)36-15-5-7-18-39(36)50-41/h1-27H. The van der Waals surface area contributed by atoms with Crippen LogP contribution in [-0.2, 0) is 0 Å². The van der Waals surface area contributed by atoms with E-state index in [1.807, 2.05) is 60.7 Å². The van der Waals surface area contributed by atoms with Gasteiger partial charge in [-0.05, 0) is 64.7 Å². The number of hydrogen-bond donors (Lipinski definition) is 0. The Morgan fingerprint density at radius 2 is 0.800 bits per heavy atom. The van der Waals surface area contributed by atoms with Gasteiger partial charge in [0.25, 0.3) is 0 Å². The predicted octanol–water partition coefficient (Wildman–Crippen LogP) is 12.0. The Bertz CT molecular complexity index is 2870. The first-order valence-corrected chi connectivity index (χ1v) is 16.6. The van der Waals surface area contributed by atoms with Gasteiger partial charge in [-0.3, -0.25) is 0 Å². The average molecular weight is 642 g/mol. The molecule has 0 spiro atoms. The molecule has 0 aliphatic heterocycles. The van der Waals surface area contributed by atoms with E-state index in [1.165, 1.54) is 0 Å². The minimum absolute atomic E-state index is 0.595. The maximum atomic E-state index is 6.21. The maximum absolute atomic E-state index is 6.21. The second-order valence-electron chi connectivity index (χ2n) is 12.4. The summed E-state index contributed by atoms with van der Waals surface area (Å²) in [6.45, 7) is 0. The van der Waals surface area contributed by atoms with Gasteiger partial charge < -0.3 is 8.83 Å². The summed E-state index contributed by atoms with van der Waals surface area (Å²) in [5.74, 6) is 1.80. The first kappa shape index (κ1) is 28.2. The number of nitrogens with zero attached hydrogens (tertiary/aromatic N) is 3. The van der Waals surface area contributed by atoms with Gasteiger partial charge in [-0.25, -0.2) is 15.0 Å². The van der Waals surface area contributed by atoms with Crippen molar-refractivity contribution in [2.75, 3.05) is 0 Å². The van der Waals surface area contributed by atoms with Crippen molar-refractivity contribution in [1.82, 2.24) is 15.0 Å². The fraction of sp³-hybridized carbons (Fsp3) is 0. The number of furan rings is 2. The molecule has 234 valence electrons. The van der Waals surface area contributed by atoms with Gasteiger partial charge in [0.05, 0.1) is 0 Å². The highest BCUT2D eigenvalue weighted by atomic mass is 16.3. The Labute approximate surface area is 287 Å². The lowest BCUT2D eigenvalue weighted by atomic mass is 9.98. The van der Waals surface area contributed by atoms with Gasteiger partial charge in [-0.1, -0.05) is 121 Å². The van der Waals surface area contributed by atoms with Crippen LogP contribution in [0.25, 0.3) is 100 Å². The van der Waals surface area contributed by atoms with Crippen LogP contribution in [0.3, 0.4) is 0 Å². The van der Waals surface area contributed by atoms with Crippen molar-refractivity contribution in [1.29, 1.82) is 0 Å². The molecule has 0 radical (unpaired) electrons. The molecule has 7 aromatic carbocycles. The molecular weight excluding hydrogens is 615 g/mol. The second kappa shape index (κ2) is 11.4. The second-order valence-corrected chi connectivity index (χ2v) is 12.4. The molecule has 0 N–H and O–H groups in total. The molecule has 3 heterocycles. The van der Waals surface area contributed by atoms with E-state index in [2.05, 4.69) is 103 Å². The molecule has 5 nitrogen and oxygen atoms in total. The number of aromatic nitrogens is 3. The molecule has 0 aliphatic rings. The van der Waals surface area contributed by atoms with Crippen LogP contribution in [0.5, 0.6) is 0 Å². The fourth-order valence-corrected chi connectivity index (χ4v) is 6.91. The summed E-state index contributed by atoms with van der Waals surface area (Å²) in [5.41, 5.74) is 10.6. The van der Waals surface area contributed by atoms with Gasteiger partial charge in [0.15, 0.2) is 17.5 Å². The summed E-state index contributed by atoms with van der Waals surface area (Å²) < 4.78 is 12.3. The van der Waals surface area contributed by atoms with E-state index in [4.69, 9.17) is 23.8 Å². The van der Waals surface area contributed by atoms with Crippen molar-refractivity contribution >= 4 is 43.9 Å². The molecule has 0 unspecified atom stereocenters. The molecule has 0 bridgehead atoms. The van der Waals surface area contributed by atoms with Crippen LogP contribution in [0.4, 0.5) is 0 Å². The van der Waals surface area contributed by atoms with Crippen LogP contribution >= 0.6 is 0 Å². The number of rotatable bonds is 5. The van der Waals surface area contributed by atoms with Gasteiger partial charge in [0, 0.05) is 38.2 Å². The van der Waals surface area contributed by atoms with E-state index in [-0.39, 0.29) is 0 Å². The van der Waals surface area contributed by atoms with E-state index < -0.39 is 0 Å². The molecule has 10 aromatic rings. The van der Waals surface area contributed by atoms with Gasteiger partial charge in [0.1, 0.15) is 22.3 Å². The SMILES string of the molecule is c1ccc(-c2ccc(-c3nc(-c4cccc(-c5cccc6oc7ccccc7c56)c4)nc(-c4ccc5oc6ccccc6c5c4)n3)cc2)cc1. The Morgan fingerprint density at radius 1 is 0.300 bits per heavy atom. The minimum Gasteiger partial charge on any atom is -0.456 e. The lowest BCUT2D eigenvalue weighted by Crippen LogP contribution is -2.00. The van der Waals surface area contributed by atoms with Crippen LogP contribution in [-0.4, -0.2) is 15.0 Å². The van der Waals surface area contributed by atoms with E-state index in [1.54, 1.807) is 0 Å². The topological polar surface area (TPSA) is 65.0 Å². The largest absolute Gasteiger partial charge is 0.456 e. The Balaban J connectivity index is 1.14. The lowest BCUT2D eigenvalue weighted by molar-refractivity contribution is 0.668. The third-order valence-electron chi connectivity index (χ3n) is 9.35. The third-order valence-corrected chi connectivity index (χ3v) is 9.35. The van der Waals surface area contributed by atoms with Crippen molar-refractivity contribution in [2.24, 2.45) is 0 Å². The lowest BCUT2D eigenvalue weighted by Gasteiger charge is -2.11. The zero-order valence-corrected chi connectivity index (χ0v) is 26.7. The molecule has 0 saturated carbocycles. The number of fused-ring (bicyclic) bond motifs is 6. The number of benzene rings is 7. The zero-order valence-electron chi connectivity index (χ0n) is 26.7. The summed E-state index contributed by atoms with van der Waals surface area (Å²) in [6, 6.07) is 55.8. The van der Waals surface area contributed by atoms with Crippen LogP contribution in [0, 0.1) is 0 Å². The number of hydrogen-bond acceptors (Lipinski definition) is 5. The van der Waals surface area contributed by atoms with Crippen LogP contribution in [0.15, 0.2) is 173 Å². The number of para-hydroxylation sites is 2. The Kier molecular flexibility index (Phi) is 6.42. The Hall–Kier alpha value is -6.85. The van der Waals surface area contributed by atoms with Crippen LogP contribution in [0.1, 0.15) is 0 Å². The van der Waals surface area contributed by atoms with Crippen molar-refractivity contribution in [2.45, 2.75) is 0 Å². The highest BCUT2D eigenvalue weighted by Gasteiger charge is 2.17. The molecule has 0 saturated heterocycles. The van der Waals surface area contributed by atoms with Crippen LogP contribution < -0.4 is 0 Å². The van der Waals surface area contributed by atoms with Crippen molar-refractivity contribution in [3.8, 4) is 56.4 Å². The van der Waals surface area contributed by atoms with E-state index in [0.717, 1.165) is 82.8 Å². The highest BCUT2D eigenvalue weighted by Crippen LogP contribution is 2.38.